The minimum Gasteiger partial charge on any atom is -1.00 e. The van der Waals surface area contributed by atoms with E-state index in [1.165, 1.54) is 23.2 Å². The summed E-state index contributed by atoms with van der Waals surface area (Å²) in [6.07, 6.45) is 0.276. The molecule has 0 bridgehead atoms. The SMILES string of the molecule is CC(C)(C)OC(=O)C/C=C(/C(=O)N[C@@H]1C(=O)N2C(C(=O)O)=C(CO)CS[C@H]12)c1csc(NC(=O)OCc2ccccc2)n1.[H-].[Na+]. The Morgan fingerprint density at radius 3 is 2.55 bits per heavy atom. The minimum absolute atomic E-state index is 0. The molecule has 1 saturated heterocycles. The summed E-state index contributed by atoms with van der Waals surface area (Å²) in [7, 11) is 0. The van der Waals surface area contributed by atoms with Gasteiger partial charge < -0.3 is 26.4 Å². The van der Waals surface area contributed by atoms with Crippen LogP contribution < -0.4 is 40.2 Å². The number of hydrogen-bond donors (Lipinski definition) is 4. The van der Waals surface area contributed by atoms with E-state index in [1.54, 1.807) is 32.9 Å². The summed E-state index contributed by atoms with van der Waals surface area (Å²) in [4.78, 5) is 68.2. The number of fused-ring (bicyclic) bond motifs is 1. The Kier molecular flexibility index (Phi) is 12.2. The number of aliphatic hydroxyl groups is 1. The molecule has 2 aliphatic rings. The van der Waals surface area contributed by atoms with Crippen molar-refractivity contribution in [2.75, 3.05) is 17.7 Å². The average Bonchev–Trinajstić information content (AvgIpc) is 3.41. The molecule has 13 nitrogen and oxygen atoms in total. The van der Waals surface area contributed by atoms with Gasteiger partial charge in [-0.2, -0.15) is 0 Å². The number of aliphatic carboxylic acids is 1. The third-order valence-corrected chi connectivity index (χ3v) is 8.16. The predicted molar refractivity (Wildman–Crippen MR) is 159 cm³/mol. The number of hydrogen-bond acceptors (Lipinski definition) is 11. The molecule has 0 radical (unpaired) electrons. The monoisotopic (exact) mass is 654 g/mol. The van der Waals surface area contributed by atoms with E-state index in [9.17, 15) is 34.2 Å². The van der Waals surface area contributed by atoms with Crippen LogP contribution in [0.1, 0.15) is 39.9 Å². The number of carboxylic acids is 1. The number of benzene rings is 1. The number of aliphatic hydroxyl groups excluding tert-OH is 1. The number of carbonyl (C=O) groups excluding carboxylic acids is 4. The van der Waals surface area contributed by atoms with E-state index < -0.39 is 53.5 Å². The Hall–Kier alpha value is -3.21. The number of β-lactam (4-membered cyclic amide) rings is 1. The first-order chi connectivity index (χ1) is 20.4. The summed E-state index contributed by atoms with van der Waals surface area (Å²) < 4.78 is 10.5. The van der Waals surface area contributed by atoms with E-state index in [0.717, 1.165) is 21.8 Å². The van der Waals surface area contributed by atoms with Gasteiger partial charge in [-0.3, -0.25) is 24.6 Å². The van der Waals surface area contributed by atoms with Gasteiger partial charge in [-0.25, -0.2) is 14.6 Å². The first-order valence-corrected chi connectivity index (χ1v) is 15.0. The number of carboxylic acid groups (broad SMARTS) is 1. The number of rotatable bonds is 10. The molecule has 2 aliphatic heterocycles. The molecule has 0 aliphatic carbocycles. The molecule has 3 amide bonds. The number of carbonyl (C=O) groups is 5. The number of esters is 1. The van der Waals surface area contributed by atoms with Crippen LogP contribution in [0.25, 0.3) is 5.57 Å². The number of thioether (sulfide) groups is 1. The van der Waals surface area contributed by atoms with Crippen LogP contribution >= 0.6 is 23.1 Å². The maximum absolute atomic E-state index is 13.5. The Labute approximate surface area is 284 Å². The van der Waals surface area contributed by atoms with Crippen LogP contribution in [0.5, 0.6) is 0 Å². The van der Waals surface area contributed by atoms with Crippen LogP contribution in [-0.4, -0.2) is 79.3 Å². The number of nitrogens with zero attached hydrogens (tertiary/aromatic N) is 2. The van der Waals surface area contributed by atoms with Crippen LogP contribution in [0.4, 0.5) is 9.93 Å². The molecule has 1 aromatic heterocycles. The topological polar surface area (TPSA) is 184 Å². The molecule has 0 spiro atoms. The molecule has 1 fully saturated rings. The van der Waals surface area contributed by atoms with Crippen molar-refractivity contribution < 1.29 is 74.6 Å². The van der Waals surface area contributed by atoms with Gasteiger partial charge in [0, 0.05) is 11.1 Å². The summed E-state index contributed by atoms with van der Waals surface area (Å²) in [5.41, 5.74) is 0.0169. The molecule has 2 aromatic rings. The second-order valence-corrected chi connectivity index (χ2v) is 12.4. The summed E-state index contributed by atoms with van der Waals surface area (Å²) in [6, 6.07) is 8.02. The molecule has 230 valence electrons. The van der Waals surface area contributed by atoms with Crippen molar-refractivity contribution in [1.82, 2.24) is 15.2 Å². The number of nitrogens with one attached hydrogen (secondary N) is 2. The van der Waals surface area contributed by atoms with E-state index in [4.69, 9.17) is 9.47 Å². The zero-order chi connectivity index (χ0) is 31.3. The van der Waals surface area contributed by atoms with Crippen LogP contribution in [0.15, 0.2) is 53.1 Å². The number of amides is 3. The van der Waals surface area contributed by atoms with Crippen molar-refractivity contribution in [3.8, 4) is 0 Å². The number of anilines is 1. The van der Waals surface area contributed by atoms with Crippen LogP contribution in [0, 0.1) is 0 Å². The van der Waals surface area contributed by atoms with Crippen LogP contribution in [0.3, 0.4) is 0 Å². The second kappa shape index (κ2) is 15.2. The molecule has 2 atom stereocenters. The molecule has 16 heteroatoms. The average molecular weight is 655 g/mol. The van der Waals surface area contributed by atoms with E-state index in [1.807, 2.05) is 18.2 Å². The Balaban J connectivity index is 0.00000353. The number of thiazole rings is 1. The molecule has 44 heavy (non-hydrogen) atoms. The Morgan fingerprint density at radius 2 is 1.91 bits per heavy atom. The van der Waals surface area contributed by atoms with E-state index in [0.29, 0.717) is 0 Å². The fraction of sp³-hybridized carbons (Fsp3) is 0.357. The largest absolute Gasteiger partial charge is 1.00 e. The van der Waals surface area contributed by atoms with Gasteiger partial charge in [0.1, 0.15) is 29.3 Å². The first-order valence-electron chi connectivity index (χ1n) is 13.0. The summed E-state index contributed by atoms with van der Waals surface area (Å²) in [5, 5.41) is 25.2. The first kappa shape index (κ1) is 35.3. The molecule has 0 saturated carbocycles. The molecular formula is C28H31N4NaO9S2. The van der Waals surface area contributed by atoms with E-state index in [-0.39, 0.29) is 77.4 Å². The van der Waals surface area contributed by atoms with Crippen LogP contribution in [-0.2, 0) is 35.3 Å². The summed E-state index contributed by atoms with van der Waals surface area (Å²) in [5.74, 6) is -3.17. The van der Waals surface area contributed by atoms with Gasteiger partial charge in [-0.1, -0.05) is 36.4 Å². The maximum atomic E-state index is 13.5. The van der Waals surface area contributed by atoms with Gasteiger partial charge in [0.25, 0.3) is 11.8 Å². The predicted octanol–water partition coefficient (Wildman–Crippen LogP) is -0.146. The fourth-order valence-electron chi connectivity index (χ4n) is 4.21. The molecular weight excluding hydrogens is 623 g/mol. The van der Waals surface area contributed by atoms with Gasteiger partial charge in [0.15, 0.2) is 5.13 Å². The van der Waals surface area contributed by atoms with E-state index >= 15 is 0 Å². The van der Waals surface area contributed by atoms with Gasteiger partial charge in [0.2, 0.25) is 0 Å². The molecule has 4 rings (SSSR count). The summed E-state index contributed by atoms with van der Waals surface area (Å²) in [6.45, 7) is 4.64. The quantitative estimate of drug-likeness (QED) is 0.116. The van der Waals surface area contributed by atoms with Crippen molar-refractivity contribution in [2.24, 2.45) is 0 Å². The van der Waals surface area contributed by atoms with Crippen molar-refractivity contribution in [2.45, 2.75) is 50.8 Å². The van der Waals surface area contributed by atoms with Gasteiger partial charge in [-0.05, 0) is 31.9 Å². The van der Waals surface area contributed by atoms with Crippen molar-refractivity contribution >= 4 is 63.6 Å². The van der Waals surface area contributed by atoms with Crippen molar-refractivity contribution in [3.05, 3.63) is 64.3 Å². The summed E-state index contributed by atoms with van der Waals surface area (Å²) >= 11 is 2.23. The Bertz CT molecular complexity index is 1490. The van der Waals surface area contributed by atoms with Gasteiger partial charge in [-0.15, -0.1) is 23.1 Å². The van der Waals surface area contributed by atoms with Crippen molar-refractivity contribution in [3.63, 3.8) is 0 Å². The third kappa shape index (κ3) is 8.70. The molecule has 4 N–H and O–H groups in total. The standard InChI is InChI=1S/C28H30N4O9S2.Na.H/c1-28(2,3)41-19(34)10-9-17(18-14-43-26(29-18)31-27(39)40-12-15-7-5-4-6-8-15)22(35)30-20-23(36)32-21(25(37)38)16(11-33)13-42-24(20)32;;/h4-9,14,20,24,33H,10-13H2,1-3H3,(H,30,35)(H,37,38)(H,29,31,39);;/q;+1;-1/b17-9+;;/t20-,24-;;/m1../s1. The third-order valence-electron chi connectivity index (χ3n) is 6.07. The fourth-order valence-corrected chi connectivity index (χ4v) is 6.24. The smallest absolute Gasteiger partial charge is 1.00 e. The molecule has 0 unspecified atom stereocenters. The Morgan fingerprint density at radius 1 is 1.20 bits per heavy atom. The van der Waals surface area contributed by atoms with Crippen LogP contribution in [0.2, 0.25) is 0 Å². The zero-order valence-electron chi connectivity index (χ0n) is 25.5. The number of ether oxygens (including phenoxy) is 2. The van der Waals surface area contributed by atoms with Gasteiger partial charge >= 0.3 is 47.6 Å². The van der Waals surface area contributed by atoms with E-state index in [2.05, 4.69) is 15.6 Å². The normalized spacial score (nSPS) is 18.0. The zero-order valence-corrected chi connectivity index (χ0v) is 28.1. The maximum Gasteiger partial charge on any atom is 1.00 e. The molecule has 3 heterocycles. The number of aromatic nitrogens is 1. The van der Waals surface area contributed by atoms with Crippen molar-refractivity contribution in [1.29, 1.82) is 0 Å². The minimum atomic E-state index is -1.35. The molecule has 1 aromatic carbocycles. The second-order valence-electron chi connectivity index (χ2n) is 10.4. The van der Waals surface area contributed by atoms with Gasteiger partial charge in [0.05, 0.1) is 24.3 Å².